The molecule has 0 fully saturated rings. The molecule has 8 heteroatoms. The van der Waals surface area contributed by atoms with E-state index >= 15 is 0 Å². The third-order valence-electron chi connectivity index (χ3n) is 2.12. The van der Waals surface area contributed by atoms with Crippen LogP contribution >= 0.6 is 69.6 Å². The van der Waals surface area contributed by atoms with Crippen LogP contribution in [0.25, 0.3) is 10.9 Å². The minimum atomic E-state index is -0.583. The molecule has 2 aromatic rings. The number of hydrogen-bond donors (Lipinski definition) is 1. The number of hydrogen-bond acceptors (Lipinski definition) is 1. The fourth-order valence-electron chi connectivity index (χ4n) is 1.33. The molecule has 1 heterocycles. The monoisotopic (exact) mass is 349 g/mol. The molecule has 90 valence electrons. The van der Waals surface area contributed by atoms with E-state index in [1.165, 1.54) is 0 Å². The molecule has 2 nitrogen and oxygen atoms in total. The first kappa shape index (κ1) is 13.6. The van der Waals surface area contributed by atoms with Gasteiger partial charge in [-0.05, 0) is 0 Å². The van der Waals surface area contributed by atoms with Gasteiger partial charge in [0.2, 0.25) is 0 Å². The maximum atomic E-state index is 11.5. The maximum absolute atomic E-state index is 11.5. The SMILES string of the molecule is O=c1[nH]c2c(Cl)c(Cl)c(Cl)c(Cl)c2c(Cl)c1Cl. The molecule has 17 heavy (non-hydrogen) atoms. The predicted octanol–water partition coefficient (Wildman–Crippen LogP) is 5.45. The van der Waals surface area contributed by atoms with Crippen molar-refractivity contribution >= 4 is 80.5 Å². The van der Waals surface area contributed by atoms with Crippen molar-refractivity contribution in [3.8, 4) is 0 Å². The zero-order chi connectivity index (χ0) is 12.9. The van der Waals surface area contributed by atoms with Crippen molar-refractivity contribution in [3.63, 3.8) is 0 Å². The first-order chi connectivity index (χ1) is 7.86. The molecule has 0 spiro atoms. The van der Waals surface area contributed by atoms with Gasteiger partial charge in [0.1, 0.15) is 5.02 Å². The molecule has 0 aliphatic carbocycles. The molecule has 0 atom stereocenters. The molecule has 0 aliphatic heterocycles. The Morgan fingerprint density at radius 1 is 0.647 bits per heavy atom. The van der Waals surface area contributed by atoms with Gasteiger partial charge in [0, 0.05) is 5.39 Å². The van der Waals surface area contributed by atoms with E-state index in [4.69, 9.17) is 69.6 Å². The van der Waals surface area contributed by atoms with Crippen LogP contribution in [0.1, 0.15) is 0 Å². The summed E-state index contributed by atoms with van der Waals surface area (Å²) in [4.78, 5) is 13.9. The molecule has 0 bridgehead atoms. The summed E-state index contributed by atoms with van der Waals surface area (Å²) in [5, 5.41) is 0.297. The van der Waals surface area contributed by atoms with Crippen LogP contribution in [0, 0.1) is 0 Å². The van der Waals surface area contributed by atoms with Crippen molar-refractivity contribution in [2.45, 2.75) is 0 Å². The lowest BCUT2D eigenvalue weighted by molar-refractivity contribution is 1.31. The number of pyridine rings is 1. The number of nitrogens with one attached hydrogen (secondary N) is 1. The lowest BCUT2D eigenvalue weighted by Crippen LogP contribution is -2.07. The Morgan fingerprint density at radius 3 is 1.71 bits per heavy atom. The lowest BCUT2D eigenvalue weighted by Gasteiger charge is -2.10. The molecular formula is C9HCl6NO. The minimum absolute atomic E-state index is 0.0177. The highest BCUT2D eigenvalue weighted by Crippen LogP contribution is 2.44. The quantitative estimate of drug-likeness (QED) is 0.497. The number of rotatable bonds is 0. The second-order valence-corrected chi connectivity index (χ2v) is 5.36. The van der Waals surface area contributed by atoms with E-state index in [9.17, 15) is 4.79 Å². The van der Waals surface area contributed by atoms with Crippen molar-refractivity contribution in [1.29, 1.82) is 0 Å². The molecule has 0 amide bonds. The van der Waals surface area contributed by atoms with Gasteiger partial charge in [-0.3, -0.25) is 4.79 Å². The van der Waals surface area contributed by atoms with E-state index in [1.807, 2.05) is 0 Å². The number of benzene rings is 1. The van der Waals surface area contributed by atoms with Gasteiger partial charge in [-0.25, -0.2) is 0 Å². The molecule has 0 saturated carbocycles. The number of halogens is 6. The summed E-state index contributed by atoms with van der Waals surface area (Å²) in [6, 6.07) is 0. The highest BCUT2D eigenvalue weighted by Gasteiger charge is 2.20. The number of aromatic amines is 1. The van der Waals surface area contributed by atoms with Crippen LogP contribution < -0.4 is 5.56 Å². The van der Waals surface area contributed by atoms with E-state index < -0.39 is 5.56 Å². The summed E-state index contributed by atoms with van der Waals surface area (Å²) in [5.41, 5.74) is -0.383. The topological polar surface area (TPSA) is 32.9 Å². The van der Waals surface area contributed by atoms with Gasteiger partial charge in [0.05, 0.1) is 30.6 Å². The predicted molar refractivity (Wildman–Crippen MR) is 74.6 cm³/mol. The third-order valence-corrected chi connectivity index (χ3v) is 4.75. The molecule has 1 aromatic carbocycles. The van der Waals surface area contributed by atoms with Crippen LogP contribution in [-0.2, 0) is 0 Å². The fraction of sp³-hybridized carbons (Fsp3) is 0. The number of aromatic nitrogens is 1. The Balaban J connectivity index is 3.18. The van der Waals surface area contributed by atoms with Crippen LogP contribution in [0.2, 0.25) is 30.1 Å². The summed E-state index contributed by atoms with van der Waals surface area (Å²) >= 11 is 35.3. The highest BCUT2D eigenvalue weighted by molar-refractivity contribution is 6.57. The van der Waals surface area contributed by atoms with Crippen molar-refractivity contribution in [1.82, 2.24) is 4.98 Å². The van der Waals surface area contributed by atoms with E-state index in [0.717, 1.165) is 0 Å². The van der Waals surface area contributed by atoms with Gasteiger partial charge in [-0.1, -0.05) is 69.6 Å². The van der Waals surface area contributed by atoms with E-state index in [2.05, 4.69) is 4.98 Å². The molecule has 0 saturated heterocycles. The average Bonchev–Trinajstić information content (AvgIpc) is 2.30. The van der Waals surface area contributed by atoms with Crippen molar-refractivity contribution in [3.05, 3.63) is 40.5 Å². The fourth-order valence-corrected chi connectivity index (χ4v) is 2.79. The normalized spacial score (nSPS) is 11.2. The molecule has 0 unspecified atom stereocenters. The van der Waals surface area contributed by atoms with Gasteiger partial charge < -0.3 is 4.98 Å². The second-order valence-electron chi connectivity index (χ2n) is 3.09. The van der Waals surface area contributed by atoms with E-state index in [-0.39, 0.29) is 41.0 Å². The molecule has 0 radical (unpaired) electrons. The standard InChI is InChI=1S/C9HCl6NO/c10-2-1-3(11)7(15)9(17)16-8(1)6(14)5(13)4(2)12/h(H,16,17). The van der Waals surface area contributed by atoms with Crippen LogP contribution in [0.3, 0.4) is 0 Å². The lowest BCUT2D eigenvalue weighted by atomic mass is 10.2. The summed E-state index contributed by atoms with van der Waals surface area (Å²) in [5.74, 6) is 0. The first-order valence-electron chi connectivity index (χ1n) is 4.09. The first-order valence-corrected chi connectivity index (χ1v) is 6.36. The zero-order valence-electron chi connectivity index (χ0n) is 7.68. The molecular weight excluding hydrogens is 351 g/mol. The Kier molecular flexibility index (Phi) is 3.75. The third kappa shape index (κ3) is 2.01. The van der Waals surface area contributed by atoms with Crippen molar-refractivity contribution in [2.24, 2.45) is 0 Å². The van der Waals surface area contributed by atoms with Crippen LogP contribution in [0.5, 0.6) is 0 Å². The van der Waals surface area contributed by atoms with Gasteiger partial charge in [0.25, 0.3) is 5.56 Å². The van der Waals surface area contributed by atoms with Crippen LogP contribution in [-0.4, -0.2) is 4.98 Å². The Morgan fingerprint density at radius 2 is 1.12 bits per heavy atom. The number of fused-ring (bicyclic) bond motifs is 1. The van der Waals surface area contributed by atoms with Gasteiger partial charge in [0.15, 0.2) is 0 Å². The molecule has 1 aromatic heterocycles. The number of H-pyrrole nitrogens is 1. The van der Waals surface area contributed by atoms with E-state index in [1.54, 1.807) is 0 Å². The summed E-state index contributed by atoms with van der Waals surface area (Å²) < 4.78 is 0. The largest absolute Gasteiger partial charge is 0.319 e. The highest BCUT2D eigenvalue weighted by atomic mass is 35.5. The Labute approximate surface area is 125 Å². The van der Waals surface area contributed by atoms with Crippen LogP contribution in [0.4, 0.5) is 0 Å². The van der Waals surface area contributed by atoms with Gasteiger partial charge in [-0.15, -0.1) is 0 Å². The Bertz CT molecular complexity index is 692. The van der Waals surface area contributed by atoms with E-state index in [0.29, 0.717) is 0 Å². The smallest absolute Gasteiger partial charge is 0.268 e. The van der Waals surface area contributed by atoms with Gasteiger partial charge in [-0.2, -0.15) is 0 Å². The molecule has 0 aliphatic rings. The average molecular weight is 352 g/mol. The molecule has 1 N–H and O–H groups in total. The maximum Gasteiger partial charge on any atom is 0.268 e. The summed E-state index contributed by atoms with van der Waals surface area (Å²) in [6.07, 6.45) is 0. The van der Waals surface area contributed by atoms with Crippen LogP contribution in [0.15, 0.2) is 4.79 Å². The summed E-state index contributed by atoms with van der Waals surface area (Å²) in [6.45, 7) is 0. The molecule has 2 rings (SSSR count). The minimum Gasteiger partial charge on any atom is -0.319 e. The van der Waals surface area contributed by atoms with Crippen molar-refractivity contribution in [2.75, 3.05) is 0 Å². The Hall–Kier alpha value is 0.170. The van der Waals surface area contributed by atoms with Crippen molar-refractivity contribution < 1.29 is 0 Å². The second kappa shape index (κ2) is 4.69. The van der Waals surface area contributed by atoms with Gasteiger partial charge >= 0.3 is 0 Å². The summed E-state index contributed by atoms with van der Waals surface area (Å²) in [7, 11) is 0. The zero-order valence-corrected chi connectivity index (χ0v) is 12.2.